The highest BCUT2D eigenvalue weighted by Gasteiger charge is 2.28. The Morgan fingerprint density at radius 3 is 1.45 bits per heavy atom. The minimum Gasteiger partial charge on any atom is -0.478 e. The first kappa shape index (κ1) is 43.5. The first-order valence-corrected chi connectivity index (χ1v) is 23.2. The Morgan fingerprint density at radius 2 is 1.05 bits per heavy atom. The van der Waals surface area contributed by atoms with Crippen molar-refractivity contribution in [2.75, 3.05) is 7.11 Å². The molecule has 10 rings (SSSR count). The molecule has 1 N–H and O–H groups in total. The number of carboxylic acid groups (broad SMARTS) is 1. The van der Waals surface area contributed by atoms with E-state index >= 15 is 0 Å². The first-order valence-electron chi connectivity index (χ1n) is 23.2. The summed E-state index contributed by atoms with van der Waals surface area (Å²) in [5.41, 5.74) is 13.9. The molecule has 2 saturated carbocycles. The molecule has 4 aromatic carbocycles. The third-order valence-corrected chi connectivity index (χ3v) is 12.6. The van der Waals surface area contributed by atoms with Crippen molar-refractivity contribution in [3.63, 3.8) is 0 Å². The van der Waals surface area contributed by atoms with Crippen molar-refractivity contribution in [3.8, 4) is 22.3 Å². The van der Waals surface area contributed by atoms with Crippen molar-refractivity contribution in [2.45, 2.75) is 91.1 Å². The molecule has 8 heteroatoms. The third kappa shape index (κ3) is 9.82. The van der Waals surface area contributed by atoms with Gasteiger partial charge in [0.25, 0.3) is 0 Å². The van der Waals surface area contributed by atoms with Crippen LogP contribution in [-0.2, 0) is 30.7 Å². The Kier molecular flexibility index (Phi) is 12.5. The second-order valence-electron chi connectivity index (χ2n) is 18.8. The maximum atomic E-state index is 12.6. The Balaban J connectivity index is 0.000000164. The lowest BCUT2D eigenvalue weighted by Crippen LogP contribution is -2.09. The van der Waals surface area contributed by atoms with Crippen molar-refractivity contribution in [1.29, 1.82) is 0 Å². The van der Waals surface area contributed by atoms with Crippen LogP contribution < -0.4 is 0 Å². The molecule has 8 aromatic rings. The number of methoxy groups -OCH3 is 1. The van der Waals surface area contributed by atoms with Gasteiger partial charge in [-0.05, 0) is 131 Å². The smallest absolute Gasteiger partial charge is 0.339 e. The van der Waals surface area contributed by atoms with Crippen molar-refractivity contribution < 1.29 is 19.4 Å². The Hall–Kier alpha value is -6.80. The Morgan fingerprint density at radius 1 is 0.615 bits per heavy atom. The van der Waals surface area contributed by atoms with Crippen molar-refractivity contribution in [2.24, 2.45) is 11.8 Å². The molecule has 0 unspecified atom stereocenters. The van der Waals surface area contributed by atoms with Crippen molar-refractivity contribution in [1.82, 2.24) is 19.1 Å². The minimum atomic E-state index is -0.901. The maximum absolute atomic E-state index is 12.6. The predicted octanol–water partition coefficient (Wildman–Crippen LogP) is 13.1. The number of carbonyl (C=O) groups excluding carboxylic acids is 1. The van der Waals surface area contributed by atoms with Gasteiger partial charge in [0.15, 0.2) is 0 Å². The largest absolute Gasteiger partial charge is 0.478 e. The SMILES string of the molecule is CC(C)Cn1ccc2cc(Cc3ncc(C4CC4)cc3C(=O)O)cc(-c3ccccc3)c21.COC(=O)c1cc(C2CC2)cnc1Cc1cc(-c2ccccc2)c2c(ccn2CC(C)C)c1. The number of hydrogen-bond donors (Lipinski definition) is 1. The number of carboxylic acids is 1. The summed E-state index contributed by atoms with van der Waals surface area (Å²) >= 11 is 0. The molecule has 4 aromatic heterocycles. The van der Waals surface area contributed by atoms with Crippen LogP contribution in [0.25, 0.3) is 44.1 Å². The second-order valence-corrected chi connectivity index (χ2v) is 18.8. The van der Waals surface area contributed by atoms with E-state index in [1.54, 1.807) is 0 Å². The van der Waals surface area contributed by atoms with Gasteiger partial charge in [-0.25, -0.2) is 9.59 Å². The summed E-state index contributed by atoms with van der Waals surface area (Å²) in [5, 5.41) is 12.2. The van der Waals surface area contributed by atoms with Crippen molar-refractivity contribution in [3.05, 3.63) is 179 Å². The first-order chi connectivity index (χ1) is 31.5. The standard InChI is InChI=1S/C29H30N2O2.C28H28N2O2/c1-19(2)18-31-12-11-23-13-20(14-25(28(23)31)22-7-5-4-6-8-22)15-27-26(29(32)33-3)16-24(17-30-27)21-9-10-21;1-18(2)17-30-11-10-22-12-19(13-24(27(22)30)21-6-4-3-5-7-21)14-26-25(28(31)32)15-23(16-29-26)20-8-9-20/h4-8,11-14,16-17,19,21H,9-10,15,18H2,1-3H3;3-7,10-13,15-16,18,20H,8-9,14,17H2,1-2H3,(H,31,32). The van der Waals surface area contributed by atoms with Gasteiger partial charge >= 0.3 is 11.9 Å². The molecule has 8 nitrogen and oxygen atoms in total. The average Bonchev–Trinajstić information content (AvgIpc) is 4.26. The van der Waals surface area contributed by atoms with Crippen LogP contribution in [0.1, 0.15) is 120 Å². The van der Waals surface area contributed by atoms with Gasteiger partial charge in [0.05, 0.1) is 40.7 Å². The molecule has 330 valence electrons. The molecule has 2 aliphatic rings. The lowest BCUT2D eigenvalue weighted by molar-refractivity contribution is 0.0598. The number of esters is 1. The van der Waals surface area contributed by atoms with Gasteiger partial charge in [-0.1, -0.05) is 88.4 Å². The molecule has 4 heterocycles. The number of aromatic nitrogens is 4. The molecule has 0 amide bonds. The van der Waals surface area contributed by atoms with Gasteiger partial charge in [-0.2, -0.15) is 0 Å². The minimum absolute atomic E-state index is 0.313. The highest BCUT2D eigenvalue weighted by atomic mass is 16.5. The second kappa shape index (κ2) is 18.7. The summed E-state index contributed by atoms with van der Waals surface area (Å²) < 4.78 is 9.78. The van der Waals surface area contributed by atoms with Crippen LogP contribution in [0.4, 0.5) is 0 Å². The fraction of sp³-hybridized carbons (Fsp3) is 0.298. The maximum Gasteiger partial charge on any atom is 0.339 e. The quantitative estimate of drug-likeness (QED) is 0.109. The monoisotopic (exact) mass is 862 g/mol. The third-order valence-electron chi connectivity index (χ3n) is 12.6. The fourth-order valence-corrected chi connectivity index (χ4v) is 9.23. The normalized spacial score (nSPS) is 13.6. The zero-order valence-electron chi connectivity index (χ0n) is 38.1. The number of carbonyl (C=O) groups is 2. The average molecular weight is 863 g/mol. The highest BCUT2D eigenvalue weighted by Crippen LogP contribution is 2.42. The van der Waals surface area contributed by atoms with Crippen LogP contribution in [0.3, 0.4) is 0 Å². The van der Waals surface area contributed by atoms with Gasteiger partial charge in [0.2, 0.25) is 0 Å². The number of fused-ring (bicyclic) bond motifs is 2. The van der Waals surface area contributed by atoms with Crippen molar-refractivity contribution >= 4 is 33.7 Å². The molecule has 0 bridgehead atoms. The number of pyridine rings is 2. The molecule has 2 aliphatic carbocycles. The van der Waals surface area contributed by atoms with Gasteiger partial charge in [-0.3, -0.25) is 9.97 Å². The number of aromatic carboxylic acids is 1. The number of benzene rings is 4. The molecule has 65 heavy (non-hydrogen) atoms. The summed E-state index contributed by atoms with van der Waals surface area (Å²) in [6.07, 6.45) is 13.8. The number of ether oxygens (including phenoxy) is 1. The van der Waals surface area contributed by atoms with E-state index in [1.807, 2.05) is 36.7 Å². The lowest BCUT2D eigenvalue weighted by Gasteiger charge is -2.15. The predicted molar refractivity (Wildman–Crippen MR) is 261 cm³/mol. The summed E-state index contributed by atoms with van der Waals surface area (Å²) in [7, 11) is 1.44. The summed E-state index contributed by atoms with van der Waals surface area (Å²) in [6.45, 7) is 10.9. The summed E-state index contributed by atoms with van der Waals surface area (Å²) in [4.78, 5) is 33.9. The van der Waals surface area contributed by atoms with E-state index in [4.69, 9.17) is 9.72 Å². The number of hydrogen-bond acceptors (Lipinski definition) is 5. The van der Waals surface area contributed by atoms with Gasteiger partial charge in [-0.15, -0.1) is 0 Å². The van der Waals surface area contributed by atoms with E-state index in [9.17, 15) is 14.7 Å². The Bertz CT molecular complexity index is 2990. The van der Waals surface area contributed by atoms with Gasteiger partial charge in [0.1, 0.15) is 0 Å². The van der Waals surface area contributed by atoms with E-state index in [0.29, 0.717) is 53.3 Å². The van der Waals surface area contributed by atoms with Gasteiger partial charge in [0, 0.05) is 72.6 Å². The van der Waals surface area contributed by atoms with E-state index < -0.39 is 5.97 Å². The zero-order chi connectivity index (χ0) is 45.2. The van der Waals surface area contributed by atoms with Crippen LogP contribution in [-0.4, -0.2) is 43.3 Å². The Labute approximate surface area is 382 Å². The van der Waals surface area contributed by atoms with Crippen LogP contribution in [0.15, 0.2) is 134 Å². The topological polar surface area (TPSA) is 99.2 Å². The van der Waals surface area contributed by atoms with Crippen LogP contribution in [0.5, 0.6) is 0 Å². The molecule has 0 atom stereocenters. The summed E-state index contributed by atoms with van der Waals surface area (Å²) in [5.74, 6) is 0.907. The van der Waals surface area contributed by atoms with Crippen LogP contribution in [0, 0.1) is 11.8 Å². The fourth-order valence-electron chi connectivity index (χ4n) is 9.23. The number of rotatable bonds is 14. The van der Waals surface area contributed by atoms with Gasteiger partial charge < -0.3 is 19.0 Å². The van der Waals surface area contributed by atoms with Crippen LogP contribution in [0.2, 0.25) is 0 Å². The number of nitrogens with zero attached hydrogens (tertiary/aromatic N) is 4. The van der Waals surface area contributed by atoms with E-state index in [-0.39, 0.29) is 5.97 Å². The molecule has 0 radical (unpaired) electrons. The summed E-state index contributed by atoms with van der Waals surface area (Å²) in [6, 6.07) is 38.0. The zero-order valence-corrected chi connectivity index (χ0v) is 38.1. The van der Waals surface area contributed by atoms with E-state index in [2.05, 4.69) is 139 Å². The van der Waals surface area contributed by atoms with Crippen LogP contribution >= 0.6 is 0 Å². The molecule has 0 spiro atoms. The van der Waals surface area contributed by atoms with E-state index in [1.165, 1.54) is 64.0 Å². The highest BCUT2D eigenvalue weighted by molar-refractivity contribution is 5.97. The molecule has 0 aliphatic heterocycles. The van der Waals surface area contributed by atoms with E-state index in [0.717, 1.165) is 53.9 Å². The lowest BCUT2D eigenvalue weighted by atomic mass is 9.96. The molecule has 0 saturated heterocycles. The molecule has 2 fully saturated rings. The molecular weight excluding hydrogens is 805 g/mol. The molecular formula is C57H58N4O4.